The fourth-order valence-corrected chi connectivity index (χ4v) is 3.79. The number of likely N-dealkylation sites (tertiary alicyclic amines) is 1. The van der Waals surface area contributed by atoms with Gasteiger partial charge < -0.3 is 5.73 Å². The third kappa shape index (κ3) is 2.66. The smallest absolute Gasteiger partial charge is 0.0765 e. The highest BCUT2D eigenvalue weighted by molar-refractivity contribution is 6.35. The minimum atomic E-state index is 0.229. The van der Waals surface area contributed by atoms with E-state index in [1.807, 2.05) is 24.4 Å². The van der Waals surface area contributed by atoms with Crippen LogP contribution in [0.2, 0.25) is 5.02 Å². The third-order valence-electron chi connectivity index (χ3n) is 4.62. The molecule has 3 nitrogen and oxygen atoms in total. The molecule has 2 N–H and O–H groups in total. The second-order valence-corrected chi connectivity index (χ2v) is 6.14. The largest absolute Gasteiger partial charge is 0.329 e. The van der Waals surface area contributed by atoms with Crippen LogP contribution in [0.5, 0.6) is 0 Å². The SMILES string of the molecule is CCC1CCCN1C(CN)c1ccc(Cl)c2cccnc12. The minimum absolute atomic E-state index is 0.229. The lowest BCUT2D eigenvalue weighted by molar-refractivity contribution is 0.181. The Morgan fingerprint density at radius 3 is 3.05 bits per heavy atom. The molecule has 1 aromatic heterocycles. The summed E-state index contributed by atoms with van der Waals surface area (Å²) in [5, 5.41) is 1.77. The van der Waals surface area contributed by atoms with E-state index in [9.17, 15) is 0 Å². The zero-order valence-electron chi connectivity index (χ0n) is 12.4. The number of hydrogen-bond acceptors (Lipinski definition) is 3. The molecular formula is C17H22ClN3. The molecule has 0 bridgehead atoms. The van der Waals surface area contributed by atoms with E-state index in [1.54, 1.807) is 0 Å². The summed E-state index contributed by atoms with van der Waals surface area (Å²) in [6.45, 7) is 4.00. The average Bonchev–Trinajstić information content (AvgIpc) is 2.99. The average molecular weight is 304 g/mol. The molecule has 1 fully saturated rings. The Kier molecular flexibility index (Phi) is 4.43. The van der Waals surface area contributed by atoms with Gasteiger partial charge in [0, 0.05) is 35.2 Å². The summed E-state index contributed by atoms with van der Waals surface area (Å²) in [5.41, 5.74) is 8.32. The topological polar surface area (TPSA) is 42.1 Å². The van der Waals surface area contributed by atoms with E-state index in [0.29, 0.717) is 12.6 Å². The Bertz CT molecular complexity index is 628. The van der Waals surface area contributed by atoms with E-state index in [4.69, 9.17) is 17.3 Å². The van der Waals surface area contributed by atoms with Crippen LogP contribution in [0.1, 0.15) is 37.8 Å². The molecular weight excluding hydrogens is 282 g/mol. The Labute approximate surface area is 131 Å². The molecule has 2 unspecified atom stereocenters. The van der Waals surface area contributed by atoms with Crippen molar-refractivity contribution < 1.29 is 0 Å². The van der Waals surface area contributed by atoms with Crippen LogP contribution in [0.4, 0.5) is 0 Å². The van der Waals surface area contributed by atoms with E-state index in [-0.39, 0.29) is 6.04 Å². The van der Waals surface area contributed by atoms with E-state index in [1.165, 1.54) is 24.8 Å². The summed E-state index contributed by atoms with van der Waals surface area (Å²) in [5.74, 6) is 0. The lowest BCUT2D eigenvalue weighted by Gasteiger charge is -2.32. The summed E-state index contributed by atoms with van der Waals surface area (Å²) in [6.07, 6.45) is 5.53. The van der Waals surface area contributed by atoms with Crippen molar-refractivity contribution in [3.05, 3.63) is 41.0 Å². The van der Waals surface area contributed by atoms with Crippen molar-refractivity contribution in [2.75, 3.05) is 13.1 Å². The number of rotatable bonds is 4. The van der Waals surface area contributed by atoms with Crippen LogP contribution >= 0.6 is 11.6 Å². The van der Waals surface area contributed by atoms with Gasteiger partial charge in [0.15, 0.2) is 0 Å². The van der Waals surface area contributed by atoms with Gasteiger partial charge in [0.25, 0.3) is 0 Å². The minimum Gasteiger partial charge on any atom is -0.329 e. The van der Waals surface area contributed by atoms with Crippen molar-refractivity contribution in [2.24, 2.45) is 5.73 Å². The highest BCUT2D eigenvalue weighted by Crippen LogP contribution is 2.35. The number of aromatic nitrogens is 1. The molecule has 1 aliphatic rings. The summed E-state index contributed by atoms with van der Waals surface area (Å²) in [7, 11) is 0. The second-order valence-electron chi connectivity index (χ2n) is 5.73. The zero-order valence-corrected chi connectivity index (χ0v) is 13.2. The molecule has 0 amide bonds. The standard InChI is InChI=1S/C17H22ClN3/c1-2-12-5-4-10-21(12)16(11-19)14-7-8-15(18)13-6-3-9-20-17(13)14/h3,6-9,12,16H,2,4-5,10-11,19H2,1H3. The third-order valence-corrected chi connectivity index (χ3v) is 4.95. The van der Waals surface area contributed by atoms with Gasteiger partial charge in [-0.05, 0) is 49.6 Å². The van der Waals surface area contributed by atoms with Crippen LogP contribution in [-0.2, 0) is 0 Å². The first kappa shape index (κ1) is 14.8. The highest BCUT2D eigenvalue weighted by atomic mass is 35.5. The maximum Gasteiger partial charge on any atom is 0.0765 e. The highest BCUT2D eigenvalue weighted by Gasteiger charge is 2.30. The van der Waals surface area contributed by atoms with E-state index in [0.717, 1.165) is 22.5 Å². The first-order valence-corrected chi connectivity index (χ1v) is 8.13. The Balaban J connectivity index is 2.07. The fraction of sp³-hybridized carbons (Fsp3) is 0.471. The maximum absolute atomic E-state index is 6.31. The summed E-state index contributed by atoms with van der Waals surface area (Å²) >= 11 is 6.31. The molecule has 3 rings (SSSR count). The quantitative estimate of drug-likeness (QED) is 0.935. The molecule has 2 atom stereocenters. The number of nitrogens with two attached hydrogens (primary N) is 1. The predicted octanol–water partition coefficient (Wildman–Crippen LogP) is 3.76. The van der Waals surface area contributed by atoms with Crippen LogP contribution < -0.4 is 5.73 Å². The monoisotopic (exact) mass is 303 g/mol. The van der Waals surface area contributed by atoms with Gasteiger partial charge in [-0.25, -0.2) is 0 Å². The molecule has 0 spiro atoms. The van der Waals surface area contributed by atoms with Gasteiger partial charge in [-0.2, -0.15) is 0 Å². The molecule has 4 heteroatoms. The molecule has 0 radical (unpaired) electrons. The van der Waals surface area contributed by atoms with Crippen molar-refractivity contribution in [3.8, 4) is 0 Å². The number of nitrogens with zero attached hydrogens (tertiary/aromatic N) is 2. The van der Waals surface area contributed by atoms with Gasteiger partial charge in [0.2, 0.25) is 0 Å². The normalized spacial score (nSPS) is 21.0. The molecule has 112 valence electrons. The summed E-state index contributed by atoms with van der Waals surface area (Å²) in [6, 6.07) is 8.89. The Hall–Kier alpha value is -1.16. The van der Waals surface area contributed by atoms with E-state index >= 15 is 0 Å². The van der Waals surface area contributed by atoms with Crippen LogP contribution in [0.3, 0.4) is 0 Å². The zero-order chi connectivity index (χ0) is 14.8. The van der Waals surface area contributed by atoms with Gasteiger partial charge in [-0.15, -0.1) is 0 Å². The van der Waals surface area contributed by atoms with Gasteiger partial charge in [0.05, 0.1) is 5.52 Å². The summed E-state index contributed by atoms with van der Waals surface area (Å²) < 4.78 is 0. The van der Waals surface area contributed by atoms with E-state index < -0.39 is 0 Å². The van der Waals surface area contributed by atoms with Gasteiger partial charge in [0.1, 0.15) is 0 Å². The van der Waals surface area contributed by atoms with Gasteiger partial charge >= 0.3 is 0 Å². The van der Waals surface area contributed by atoms with Crippen molar-refractivity contribution in [1.29, 1.82) is 0 Å². The van der Waals surface area contributed by atoms with Crippen LogP contribution in [0, 0.1) is 0 Å². The van der Waals surface area contributed by atoms with E-state index in [2.05, 4.69) is 22.9 Å². The van der Waals surface area contributed by atoms with Crippen LogP contribution in [0.15, 0.2) is 30.5 Å². The lowest BCUT2D eigenvalue weighted by atomic mass is 10.00. The molecule has 1 aromatic carbocycles. The van der Waals surface area contributed by atoms with Crippen LogP contribution in [0.25, 0.3) is 10.9 Å². The summed E-state index contributed by atoms with van der Waals surface area (Å²) in [4.78, 5) is 7.12. The van der Waals surface area contributed by atoms with Crippen molar-refractivity contribution in [2.45, 2.75) is 38.3 Å². The number of fused-ring (bicyclic) bond motifs is 1. The second kappa shape index (κ2) is 6.30. The molecule has 0 saturated carbocycles. The number of hydrogen-bond donors (Lipinski definition) is 1. The van der Waals surface area contributed by atoms with Crippen LogP contribution in [-0.4, -0.2) is 29.0 Å². The van der Waals surface area contributed by atoms with Gasteiger partial charge in [-0.3, -0.25) is 9.88 Å². The fourth-order valence-electron chi connectivity index (χ4n) is 3.58. The van der Waals surface area contributed by atoms with Crippen molar-refractivity contribution in [3.63, 3.8) is 0 Å². The maximum atomic E-state index is 6.31. The molecule has 21 heavy (non-hydrogen) atoms. The molecule has 2 aromatic rings. The molecule has 1 saturated heterocycles. The number of pyridine rings is 1. The number of benzene rings is 1. The first-order chi connectivity index (χ1) is 10.3. The predicted molar refractivity (Wildman–Crippen MR) is 88.6 cm³/mol. The molecule has 0 aliphatic carbocycles. The first-order valence-electron chi connectivity index (χ1n) is 7.75. The van der Waals surface area contributed by atoms with Crippen molar-refractivity contribution in [1.82, 2.24) is 9.88 Å². The number of halogens is 1. The molecule has 2 heterocycles. The van der Waals surface area contributed by atoms with Gasteiger partial charge in [-0.1, -0.05) is 24.6 Å². The van der Waals surface area contributed by atoms with Crippen molar-refractivity contribution >= 4 is 22.5 Å². The Morgan fingerprint density at radius 2 is 2.29 bits per heavy atom. The molecule has 1 aliphatic heterocycles. The lowest BCUT2D eigenvalue weighted by Crippen LogP contribution is -2.37. The Morgan fingerprint density at radius 1 is 1.43 bits per heavy atom.